The minimum absolute atomic E-state index is 0.0380. The van der Waals surface area contributed by atoms with Gasteiger partial charge in [-0.15, -0.1) is 0 Å². The minimum atomic E-state index is -0.0380. The first-order chi connectivity index (χ1) is 11.0. The summed E-state index contributed by atoms with van der Waals surface area (Å²) < 4.78 is 5.38. The van der Waals surface area contributed by atoms with Gasteiger partial charge in [0, 0.05) is 31.9 Å². The summed E-state index contributed by atoms with van der Waals surface area (Å²) in [6.07, 6.45) is 1.02. The molecule has 1 heterocycles. The van der Waals surface area contributed by atoms with Crippen LogP contribution in [0, 0.1) is 5.92 Å². The highest BCUT2D eigenvalue weighted by Crippen LogP contribution is 2.21. The average Bonchev–Trinajstić information content (AvgIpc) is 2.53. The maximum absolute atomic E-state index is 12.5. The number of benzene rings is 1. The standard InChI is InChI=1S/C18H29N3O2/c1-5-23-13-15-6-8-16(9-7-15)19-18(22)21(4)17-10-11-20(3)12-14(17)2/h6-9,14,17H,5,10-13H2,1-4H3,(H,19,22)/t14-,17-/m1/s1. The van der Waals surface area contributed by atoms with Gasteiger partial charge in [0.25, 0.3) is 0 Å². The Bertz CT molecular complexity index is 503. The van der Waals surface area contributed by atoms with E-state index < -0.39 is 0 Å². The molecule has 1 aliphatic heterocycles. The molecule has 0 aliphatic carbocycles. The van der Waals surface area contributed by atoms with Crippen molar-refractivity contribution in [3.8, 4) is 0 Å². The van der Waals surface area contributed by atoms with E-state index in [9.17, 15) is 4.79 Å². The van der Waals surface area contributed by atoms with Crippen LogP contribution in [-0.4, -0.2) is 55.7 Å². The lowest BCUT2D eigenvalue weighted by Crippen LogP contribution is -2.50. The zero-order valence-electron chi connectivity index (χ0n) is 14.7. The summed E-state index contributed by atoms with van der Waals surface area (Å²) in [5, 5.41) is 2.99. The lowest BCUT2D eigenvalue weighted by atomic mass is 9.93. The van der Waals surface area contributed by atoms with Gasteiger partial charge < -0.3 is 19.9 Å². The first-order valence-corrected chi connectivity index (χ1v) is 8.40. The Balaban J connectivity index is 1.90. The van der Waals surface area contributed by atoms with E-state index in [0.29, 0.717) is 25.2 Å². The fourth-order valence-electron chi connectivity index (χ4n) is 3.18. The number of nitrogens with one attached hydrogen (secondary N) is 1. The summed E-state index contributed by atoms with van der Waals surface area (Å²) in [7, 11) is 4.03. The topological polar surface area (TPSA) is 44.8 Å². The molecule has 1 saturated heterocycles. The van der Waals surface area contributed by atoms with Crippen molar-refractivity contribution in [2.24, 2.45) is 5.92 Å². The summed E-state index contributed by atoms with van der Waals surface area (Å²) in [5.74, 6) is 0.484. The molecule has 5 heteroatoms. The number of hydrogen-bond acceptors (Lipinski definition) is 3. The number of amides is 2. The molecular weight excluding hydrogens is 290 g/mol. The summed E-state index contributed by atoms with van der Waals surface area (Å²) in [6.45, 7) is 7.59. The summed E-state index contributed by atoms with van der Waals surface area (Å²) >= 11 is 0. The van der Waals surface area contributed by atoms with Crippen molar-refractivity contribution in [2.45, 2.75) is 32.9 Å². The molecule has 0 bridgehead atoms. The smallest absolute Gasteiger partial charge is 0.321 e. The molecule has 128 valence electrons. The van der Waals surface area contributed by atoms with E-state index in [1.54, 1.807) is 0 Å². The Labute approximate surface area is 139 Å². The second-order valence-corrected chi connectivity index (χ2v) is 6.47. The molecule has 0 unspecified atom stereocenters. The highest BCUT2D eigenvalue weighted by molar-refractivity contribution is 5.89. The van der Waals surface area contributed by atoms with Gasteiger partial charge in [-0.05, 0) is 50.6 Å². The van der Waals surface area contributed by atoms with E-state index in [1.165, 1.54) is 0 Å². The molecule has 5 nitrogen and oxygen atoms in total. The Morgan fingerprint density at radius 1 is 1.39 bits per heavy atom. The fourth-order valence-corrected chi connectivity index (χ4v) is 3.18. The molecule has 0 saturated carbocycles. The highest BCUT2D eigenvalue weighted by Gasteiger charge is 2.29. The van der Waals surface area contributed by atoms with Gasteiger partial charge in [0.1, 0.15) is 0 Å². The van der Waals surface area contributed by atoms with E-state index in [1.807, 2.05) is 43.1 Å². The van der Waals surface area contributed by atoms with Crippen LogP contribution in [0.2, 0.25) is 0 Å². The second-order valence-electron chi connectivity index (χ2n) is 6.47. The van der Waals surface area contributed by atoms with Crippen LogP contribution in [0.1, 0.15) is 25.8 Å². The van der Waals surface area contributed by atoms with Crippen LogP contribution < -0.4 is 5.32 Å². The summed E-state index contributed by atoms with van der Waals surface area (Å²) in [4.78, 5) is 16.6. The Morgan fingerprint density at radius 3 is 2.70 bits per heavy atom. The largest absolute Gasteiger partial charge is 0.377 e. The van der Waals surface area contributed by atoms with Crippen LogP contribution in [0.15, 0.2) is 24.3 Å². The Kier molecular flexibility index (Phi) is 6.42. The quantitative estimate of drug-likeness (QED) is 0.907. The number of anilines is 1. The Hall–Kier alpha value is -1.59. The zero-order chi connectivity index (χ0) is 16.8. The number of piperidine rings is 1. The molecular formula is C18H29N3O2. The highest BCUT2D eigenvalue weighted by atomic mass is 16.5. The molecule has 2 amide bonds. The van der Waals surface area contributed by atoms with Gasteiger partial charge in [-0.25, -0.2) is 4.79 Å². The molecule has 1 aliphatic rings. The molecule has 1 aromatic carbocycles. The van der Waals surface area contributed by atoms with E-state index in [-0.39, 0.29) is 6.03 Å². The first kappa shape index (κ1) is 17.8. The van der Waals surface area contributed by atoms with Gasteiger partial charge in [-0.3, -0.25) is 0 Å². The van der Waals surface area contributed by atoms with E-state index in [0.717, 1.165) is 30.8 Å². The number of nitrogens with zero attached hydrogens (tertiary/aromatic N) is 2. The molecule has 23 heavy (non-hydrogen) atoms. The monoisotopic (exact) mass is 319 g/mol. The first-order valence-electron chi connectivity index (χ1n) is 8.40. The van der Waals surface area contributed by atoms with E-state index in [4.69, 9.17) is 4.74 Å². The summed E-state index contributed by atoms with van der Waals surface area (Å²) in [6, 6.07) is 8.09. The predicted molar refractivity (Wildman–Crippen MR) is 93.6 cm³/mol. The van der Waals surface area contributed by atoms with Crippen LogP contribution in [0.5, 0.6) is 0 Å². The van der Waals surface area contributed by atoms with E-state index in [2.05, 4.69) is 24.2 Å². The number of hydrogen-bond donors (Lipinski definition) is 1. The number of rotatable bonds is 5. The number of ether oxygens (including phenoxy) is 1. The second kappa shape index (κ2) is 8.31. The number of urea groups is 1. The lowest BCUT2D eigenvalue weighted by Gasteiger charge is -2.39. The van der Waals surface area contributed by atoms with Crippen LogP contribution in [0.25, 0.3) is 0 Å². The van der Waals surface area contributed by atoms with Crippen molar-refractivity contribution in [3.63, 3.8) is 0 Å². The molecule has 0 aromatic heterocycles. The third-order valence-electron chi connectivity index (χ3n) is 4.56. The molecule has 1 N–H and O–H groups in total. The van der Waals surface area contributed by atoms with Gasteiger partial charge in [0.15, 0.2) is 0 Å². The van der Waals surface area contributed by atoms with Crippen molar-refractivity contribution in [3.05, 3.63) is 29.8 Å². The van der Waals surface area contributed by atoms with E-state index >= 15 is 0 Å². The minimum Gasteiger partial charge on any atom is -0.377 e. The molecule has 2 atom stereocenters. The third-order valence-corrected chi connectivity index (χ3v) is 4.56. The fraction of sp³-hybridized carbons (Fsp3) is 0.611. The van der Waals surface area contributed by atoms with Gasteiger partial charge in [0.2, 0.25) is 0 Å². The average molecular weight is 319 g/mol. The van der Waals surface area contributed by atoms with Gasteiger partial charge in [-0.1, -0.05) is 19.1 Å². The molecule has 0 spiro atoms. The Morgan fingerprint density at radius 2 is 2.09 bits per heavy atom. The van der Waals surface area contributed by atoms with Gasteiger partial charge >= 0.3 is 6.03 Å². The lowest BCUT2D eigenvalue weighted by molar-refractivity contribution is 0.113. The van der Waals surface area contributed by atoms with Gasteiger partial charge in [0.05, 0.1) is 6.61 Å². The van der Waals surface area contributed by atoms with Crippen molar-refractivity contribution < 1.29 is 9.53 Å². The van der Waals surface area contributed by atoms with Crippen LogP contribution in [0.4, 0.5) is 10.5 Å². The van der Waals surface area contributed by atoms with Crippen molar-refractivity contribution in [2.75, 3.05) is 39.1 Å². The number of likely N-dealkylation sites (tertiary alicyclic amines) is 1. The van der Waals surface area contributed by atoms with Crippen molar-refractivity contribution in [1.82, 2.24) is 9.80 Å². The normalized spacial score (nSPS) is 21.9. The maximum Gasteiger partial charge on any atom is 0.321 e. The SMILES string of the molecule is CCOCc1ccc(NC(=O)N(C)[C@@H]2CCN(C)C[C@H]2C)cc1. The predicted octanol–water partition coefficient (Wildman–Crippen LogP) is 3.03. The maximum atomic E-state index is 12.5. The molecule has 1 fully saturated rings. The molecule has 0 radical (unpaired) electrons. The van der Waals surface area contributed by atoms with Crippen molar-refractivity contribution in [1.29, 1.82) is 0 Å². The third kappa shape index (κ3) is 4.94. The summed E-state index contributed by atoms with van der Waals surface area (Å²) in [5.41, 5.74) is 1.94. The zero-order valence-corrected chi connectivity index (χ0v) is 14.7. The van der Waals surface area contributed by atoms with Crippen LogP contribution in [-0.2, 0) is 11.3 Å². The van der Waals surface area contributed by atoms with Crippen LogP contribution >= 0.6 is 0 Å². The van der Waals surface area contributed by atoms with Crippen LogP contribution in [0.3, 0.4) is 0 Å². The van der Waals surface area contributed by atoms with Crippen molar-refractivity contribution >= 4 is 11.7 Å². The molecule has 1 aromatic rings. The number of carbonyl (C=O) groups excluding carboxylic acids is 1. The molecule has 2 rings (SSSR count). The van der Waals surface area contributed by atoms with Gasteiger partial charge in [-0.2, -0.15) is 0 Å². The number of carbonyl (C=O) groups is 1.